The quantitative estimate of drug-likeness (QED) is 0.545. The summed E-state index contributed by atoms with van der Waals surface area (Å²) in [5, 5.41) is 0. The molecule has 18 heavy (non-hydrogen) atoms. The van der Waals surface area contributed by atoms with Gasteiger partial charge in [0.15, 0.2) is 0 Å². The first-order valence-electron chi connectivity index (χ1n) is 7.67. The van der Waals surface area contributed by atoms with Gasteiger partial charge < -0.3 is 9.80 Å². The molecule has 110 valence electrons. The molecule has 0 aromatic carbocycles. The van der Waals surface area contributed by atoms with E-state index in [1.54, 1.807) is 0 Å². The summed E-state index contributed by atoms with van der Waals surface area (Å²) in [6, 6.07) is 0.638. The number of hydrogen-bond acceptors (Lipinski definition) is 2. The summed E-state index contributed by atoms with van der Waals surface area (Å²) >= 11 is 0. The van der Waals surface area contributed by atoms with Crippen molar-refractivity contribution in [2.75, 3.05) is 28.2 Å². The average Bonchev–Trinajstić information content (AvgIpc) is 2.26. The minimum atomic E-state index is 0.243. The van der Waals surface area contributed by atoms with E-state index in [1.165, 1.54) is 44.9 Å². The average molecular weight is 256 g/mol. The first-order chi connectivity index (χ1) is 8.34. The van der Waals surface area contributed by atoms with Gasteiger partial charge in [0.2, 0.25) is 0 Å². The smallest absolute Gasteiger partial charge is 0.0302 e. The Kier molecular flexibility index (Phi) is 8.89. The van der Waals surface area contributed by atoms with Crippen molar-refractivity contribution < 1.29 is 0 Å². The molecule has 0 aromatic rings. The van der Waals surface area contributed by atoms with Crippen molar-refractivity contribution in [3.8, 4) is 0 Å². The monoisotopic (exact) mass is 256 g/mol. The maximum atomic E-state index is 2.39. The fourth-order valence-corrected chi connectivity index (χ4v) is 2.66. The molecule has 0 saturated heterocycles. The highest BCUT2D eigenvalue weighted by molar-refractivity contribution is 4.91. The van der Waals surface area contributed by atoms with Gasteiger partial charge in [-0.2, -0.15) is 0 Å². The van der Waals surface area contributed by atoms with Crippen LogP contribution in [0.4, 0.5) is 0 Å². The van der Waals surface area contributed by atoms with E-state index < -0.39 is 0 Å². The van der Waals surface area contributed by atoms with E-state index in [0.29, 0.717) is 6.04 Å². The molecule has 0 aliphatic rings. The SMILES string of the molecule is CCCCCCCCC(N(C)C)C(C)(C)N(C)C. The summed E-state index contributed by atoms with van der Waals surface area (Å²) in [5.74, 6) is 0. The summed E-state index contributed by atoms with van der Waals surface area (Å²) in [7, 11) is 8.81. The molecule has 0 aromatic heterocycles. The zero-order valence-corrected chi connectivity index (χ0v) is 13.9. The first kappa shape index (κ1) is 17.9. The molecule has 0 rings (SSSR count). The van der Waals surface area contributed by atoms with Crippen molar-refractivity contribution in [2.45, 2.75) is 77.3 Å². The Morgan fingerprint density at radius 1 is 0.833 bits per heavy atom. The van der Waals surface area contributed by atoms with Crippen LogP contribution in [0.5, 0.6) is 0 Å². The summed E-state index contributed by atoms with van der Waals surface area (Å²) in [4.78, 5) is 4.75. The van der Waals surface area contributed by atoms with Crippen molar-refractivity contribution in [3.63, 3.8) is 0 Å². The molecule has 2 nitrogen and oxygen atoms in total. The van der Waals surface area contributed by atoms with Gasteiger partial charge in [0.25, 0.3) is 0 Å². The molecule has 0 N–H and O–H groups in total. The van der Waals surface area contributed by atoms with E-state index in [2.05, 4.69) is 58.8 Å². The molecule has 0 aliphatic heterocycles. The summed E-state index contributed by atoms with van der Waals surface area (Å²) < 4.78 is 0. The molecule has 0 saturated carbocycles. The van der Waals surface area contributed by atoms with Crippen molar-refractivity contribution in [1.29, 1.82) is 0 Å². The molecule has 0 radical (unpaired) electrons. The highest BCUT2D eigenvalue weighted by Crippen LogP contribution is 2.24. The Balaban J connectivity index is 4.07. The predicted octanol–water partition coefficient (Wildman–Crippen LogP) is 4.01. The van der Waals surface area contributed by atoms with Crippen LogP contribution in [0.3, 0.4) is 0 Å². The zero-order valence-electron chi connectivity index (χ0n) is 13.9. The Labute approximate surface area is 116 Å². The molecule has 0 bridgehead atoms. The third-order valence-corrected chi connectivity index (χ3v) is 4.42. The van der Waals surface area contributed by atoms with Gasteiger partial charge >= 0.3 is 0 Å². The number of unbranched alkanes of at least 4 members (excludes halogenated alkanes) is 5. The predicted molar refractivity (Wildman–Crippen MR) is 83.2 cm³/mol. The van der Waals surface area contributed by atoms with Crippen LogP contribution in [0.2, 0.25) is 0 Å². The maximum absolute atomic E-state index is 2.39. The van der Waals surface area contributed by atoms with Crippen LogP contribution >= 0.6 is 0 Å². The second-order valence-corrected chi connectivity index (χ2v) is 6.58. The first-order valence-corrected chi connectivity index (χ1v) is 7.67. The van der Waals surface area contributed by atoms with Gasteiger partial charge in [0, 0.05) is 11.6 Å². The number of rotatable bonds is 10. The number of likely N-dealkylation sites (N-methyl/N-ethyl adjacent to an activating group) is 2. The zero-order chi connectivity index (χ0) is 14.2. The van der Waals surface area contributed by atoms with Crippen molar-refractivity contribution in [2.24, 2.45) is 0 Å². The number of hydrogen-bond donors (Lipinski definition) is 0. The molecule has 1 unspecified atom stereocenters. The lowest BCUT2D eigenvalue weighted by molar-refractivity contribution is 0.0714. The molecule has 2 heteroatoms. The lowest BCUT2D eigenvalue weighted by Gasteiger charge is -2.43. The van der Waals surface area contributed by atoms with E-state index in [9.17, 15) is 0 Å². The Bertz CT molecular complexity index is 197. The Hall–Kier alpha value is -0.0800. The third-order valence-electron chi connectivity index (χ3n) is 4.42. The van der Waals surface area contributed by atoms with Gasteiger partial charge in [0.1, 0.15) is 0 Å². The van der Waals surface area contributed by atoms with Crippen LogP contribution in [0.15, 0.2) is 0 Å². The van der Waals surface area contributed by atoms with Crippen LogP contribution in [0.25, 0.3) is 0 Å². The van der Waals surface area contributed by atoms with Gasteiger partial charge in [-0.05, 0) is 48.5 Å². The Morgan fingerprint density at radius 2 is 1.33 bits per heavy atom. The minimum Gasteiger partial charge on any atom is -0.305 e. The van der Waals surface area contributed by atoms with Crippen LogP contribution in [0, 0.1) is 0 Å². The van der Waals surface area contributed by atoms with Crippen LogP contribution < -0.4 is 0 Å². The van der Waals surface area contributed by atoms with Crippen molar-refractivity contribution in [3.05, 3.63) is 0 Å². The summed E-state index contributed by atoms with van der Waals surface area (Å²) in [6.07, 6.45) is 9.65. The van der Waals surface area contributed by atoms with Crippen LogP contribution in [-0.4, -0.2) is 49.6 Å². The molecule has 1 atom stereocenters. The summed E-state index contributed by atoms with van der Waals surface area (Å²) in [5.41, 5.74) is 0.243. The van der Waals surface area contributed by atoms with Gasteiger partial charge in [-0.15, -0.1) is 0 Å². The molecular formula is C16H36N2. The second-order valence-electron chi connectivity index (χ2n) is 6.58. The fourth-order valence-electron chi connectivity index (χ4n) is 2.66. The van der Waals surface area contributed by atoms with E-state index >= 15 is 0 Å². The van der Waals surface area contributed by atoms with Crippen LogP contribution in [0.1, 0.15) is 65.7 Å². The van der Waals surface area contributed by atoms with Crippen molar-refractivity contribution in [1.82, 2.24) is 9.80 Å². The van der Waals surface area contributed by atoms with Gasteiger partial charge in [-0.1, -0.05) is 45.4 Å². The minimum absolute atomic E-state index is 0.243. The molecule has 0 spiro atoms. The molecule has 0 fully saturated rings. The van der Waals surface area contributed by atoms with Crippen molar-refractivity contribution >= 4 is 0 Å². The van der Waals surface area contributed by atoms with Crippen LogP contribution in [-0.2, 0) is 0 Å². The maximum Gasteiger partial charge on any atom is 0.0302 e. The highest BCUT2D eigenvalue weighted by atomic mass is 15.2. The molecular weight excluding hydrogens is 220 g/mol. The van der Waals surface area contributed by atoms with Gasteiger partial charge in [-0.3, -0.25) is 0 Å². The molecule has 0 heterocycles. The lowest BCUT2D eigenvalue weighted by Crippen LogP contribution is -2.54. The van der Waals surface area contributed by atoms with Gasteiger partial charge in [-0.25, -0.2) is 0 Å². The Morgan fingerprint density at radius 3 is 1.78 bits per heavy atom. The second kappa shape index (κ2) is 8.92. The number of nitrogens with zero attached hydrogens (tertiary/aromatic N) is 2. The van der Waals surface area contributed by atoms with E-state index in [4.69, 9.17) is 0 Å². The molecule has 0 aliphatic carbocycles. The van der Waals surface area contributed by atoms with E-state index in [0.717, 1.165) is 0 Å². The standard InChI is InChI=1S/C16H36N2/c1-8-9-10-11-12-13-14-15(17(4)5)16(2,3)18(6)7/h15H,8-14H2,1-7H3. The largest absolute Gasteiger partial charge is 0.305 e. The normalized spacial score (nSPS) is 14.5. The summed E-state index contributed by atoms with van der Waals surface area (Å²) in [6.45, 7) is 6.99. The fraction of sp³-hybridized carbons (Fsp3) is 1.00. The molecule has 0 amide bonds. The highest BCUT2D eigenvalue weighted by Gasteiger charge is 2.32. The van der Waals surface area contributed by atoms with Gasteiger partial charge in [0.05, 0.1) is 0 Å². The van der Waals surface area contributed by atoms with E-state index in [1.807, 2.05) is 0 Å². The third kappa shape index (κ3) is 6.19. The lowest BCUT2D eigenvalue weighted by atomic mass is 9.88. The van der Waals surface area contributed by atoms with E-state index in [-0.39, 0.29) is 5.54 Å². The topological polar surface area (TPSA) is 6.48 Å².